The lowest BCUT2D eigenvalue weighted by molar-refractivity contribution is 0.0924. The molecule has 1 N–H and O–H groups in total. The topological polar surface area (TPSA) is 50.8 Å². The Balaban J connectivity index is 1.55. The zero-order valence-electron chi connectivity index (χ0n) is 16.1. The minimum atomic E-state index is -0.0774. The van der Waals surface area contributed by atoms with Gasteiger partial charge in [-0.3, -0.25) is 4.79 Å². The van der Waals surface area contributed by atoms with Gasteiger partial charge in [0.2, 0.25) is 0 Å². The Labute approximate surface area is 161 Å². The van der Waals surface area contributed by atoms with Crippen molar-refractivity contribution in [3.8, 4) is 11.5 Å². The van der Waals surface area contributed by atoms with Gasteiger partial charge < -0.3 is 19.7 Å². The monoisotopic (exact) mass is 368 g/mol. The molecule has 5 nitrogen and oxygen atoms in total. The third kappa shape index (κ3) is 5.01. The van der Waals surface area contributed by atoms with Crippen LogP contribution in [0.3, 0.4) is 0 Å². The summed E-state index contributed by atoms with van der Waals surface area (Å²) in [6.07, 6.45) is 0.773. The minimum Gasteiger partial charge on any atom is -0.493 e. The Hall–Kier alpha value is -2.53. The first-order valence-electron chi connectivity index (χ1n) is 9.69. The van der Waals surface area contributed by atoms with Crippen LogP contribution in [0.2, 0.25) is 0 Å². The smallest absolute Gasteiger partial charge is 0.251 e. The van der Waals surface area contributed by atoms with Crippen LogP contribution < -0.4 is 14.8 Å². The summed E-state index contributed by atoms with van der Waals surface area (Å²) < 4.78 is 11.4. The lowest BCUT2D eigenvalue weighted by atomic mass is 10.00. The molecule has 0 spiro atoms. The lowest BCUT2D eigenvalue weighted by Gasteiger charge is -2.26. The summed E-state index contributed by atoms with van der Waals surface area (Å²) in [6, 6.07) is 15.2. The first-order valence-corrected chi connectivity index (χ1v) is 9.69. The third-order valence-corrected chi connectivity index (χ3v) is 4.95. The Morgan fingerprint density at radius 3 is 2.63 bits per heavy atom. The second kappa shape index (κ2) is 9.42. The maximum absolute atomic E-state index is 12.6. The largest absolute Gasteiger partial charge is 0.493 e. The summed E-state index contributed by atoms with van der Waals surface area (Å²) in [6.45, 7) is 8.50. The number of hydrogen-bond acceptors (Lipinski definition) is 4. The average molecular weight is 368 g/mol. The molecule has 3 rings (SSSR count). The molecule has 0 unspecified atom stereocenters. The number of para-hydroxylation sites is 1. The van der Waals surface area contributed by atoms with Crippen molar-refractivity contribution in [1.29, 1.82) is 0 Å². The Bertz CT molecular complexity index is 741. The lowest BCUT2D eigenvalue weighted by Crippen LogP contribution is -2.32. The molecule has 0 radical (unpaired) electrons. The number of hydrogen-bond donors (Lipinski definition) is 1. The number of nitrogens with zero attached hydrogens (tertiary/aromatic N) is 1. The highest BCUT2D eigenvalue weighted by Crippen LogP contribution is 2.31. The highest BCUT2D eigenvalue weighted by atomic mass is 16.5. The van der Waals surface area contributed by atoms with Crippen LogP contribution in [0, 0.1) is 0 Å². The maximum atomic E-state index is 12.6. The van der Waals surface area contributed by atoms with E-state index in [-0.39, 0.29) is 11.9 Å². The van der Waals surface area contributed by atoms with E-state index in [1.807, 2.05) is 48.5 Å². The molecule has 0 fully saturated rings. The van der Waals surface area contributed by atoms with E-state index in [0.717, 1.165) is 43.1 Å². The summed E-state index contributed by atoms with van der Waals surface area (Å²) in [7, 11) is 0. The van der Waals surface area contributed by atoms with Gasteiger partial charge in [-0.2, -0.15) is 0 Å². The molecule has 0 saturated heterocycles. The van der Waals surface area contributed by atoms with Gasteiger partial charge in [-0.05, 0) is 43.4 Å². The Morgan fingerprint density at radius 1 is 1.15 bits per heavy atom. The van der Waals surface area contributed by atoms with E-state index in [1.54, 1.807) is 0 Å². The molecule has 5 heteroatoms. The quantitative estimate of drug-likeness (QED) is 0.773. The van der Waals surface area contributed by atoms with Crippen molar-refractivity contribution in [3.05, 3.63) is 59.7 Å². The number of likely N-dealkylation sites (N-methyl/N-ethyl adjacent to an activating group) is 1. The molecular weight excluding hydrogens is 340 g/mol. The van der Waals surface area contributed by atoms with Crippen molar-refractivity contribution in [1.82, 2.24) is 10.2 Å². The molecule has 27 heavy (non-hydrogen) atoms. The number of ether oxygens (including phenoxy) is 2. The van der Waals surface area contributed by atoms with Gasteiger partial charge in [0.15, 0.2) is 0 Å². The van der Waals surface area contributed by atoms with Crippen LogP contribution in [-0.4, -0.2) is 43.7 Å². The number of rotatable bonds is 8. The van der Waals surface area contributed by atoms with E-state index in [4.69, 9.17) is 9.47 Å². The Kier molecular flexibility index (Phi) is 6.71. The van der Waals surface area contributed by atoms with Gasteiger partial charge in [-0.15, -0.1) is 0 Å². The van der Waals surface area contributed by atoms with Crippen molar-refractivity contribution in [3.63, 3.8) is 0 Å². The molecule has 0 aromatic heterocycles. The molecule has 2 aromatic rings. The number of amides is 1. The highest BCUT2D eigenvalue weighted by molar-refractivity contribution is 5.94. The van der Waals surface area contributed by atoms with Crippen molar-refractivity contribution in [2.75, 3.05) is 32.8 Å². The van der Waals surface area contributed by atoms with Crippen LogP contribution in [0.15, 0.2) is 48.5 Å². The van der Waals surface area contributed by atoms with Gasteiger partial charge in [0, 0.05) is 24.1 Å². The molecule has 0 saturated carbocycles. The maximum Gasteiger partial charge on any atom is 0.251 e. The summed E-state index contributed by atoms with van der Waals surface area (Å²) in [4.78, 5) is 14.9. The fraction of sp³-hybridized carbons (Fsp3) is 0.409. The average Bonchev–Trinajstić information content (AvgIpc) is 2.72. The SMILES string of the molecule is CCN(CC)CCOc1ccc(C(=O)N[C@H]2CCOc3ccccc32)cc1. The van der Waals surface area contributed by atoms with Crippen LogP contribution in [0.25, 0.3) is 0 Å². The van der Waals surface area contributed by atoms with E-state index < -0.39 is 0 Å². The van der Waals surface area contributed by atoms with E-state index in [9.17, 15) is 4.79 Å². The van der Waals surface area contributed by atoms with E-state index in [2.05, 4.69) is 24.1 Å². The van der Waals surface area contributed by atoms with Gasteiger partial charge in [0.05, 0.1) is 12.6 Å². The van der Waals surface area contributed by atoms with Gasteiger partial charge in [-0.1, -0.05) is 32.0 Å². The van der Waals surface area contributed by atoms with Gasteiger partial charge in [0.1, 0.15) is 18.1 Å². The molecule has 144 valence electrons. The standard InChI is InChI=1S/C22H28N2O3/c1-3-24(4-2)14-16-26-18-11-9-17(10-12-18)22(25)23-20-13-15-27-21-8-6-5-7-19(20)21/h5-12,20H,3-4,13-16H2,1-2H3,(H,23,25)/t20-/m0/s1. The van der Waals surface area contributed by atoms with Gasteiger partial charge >= 0.3 is 0 Å². The fourth-order valence-corrected chi connectivity index (χ4v) is 3.27. The number of fused-ring (bicyclic) bond motifs is 1. The summed E-state index contributed by atoms with van der Waals surface area (Å²) >= 11 is 0. The zero-order chi connectivity index (χ0) is 19.1. The minimum absolute atomic E-state index is 0.0209. The predicted octanol–water partition coefficient (Wildman–Crippen LogP) is 3.66. The number of benzene rings is 2. The molecule has 0 bridgehead atoms. The van der Waals surface area contributed by atoms with Gasteiger partial charge in [0.25, 0.3) is 5.91 Å². The van der Waals surface area contributed by atoms with Gasteiger partial charge in [-0.25, -0.2) is 0 Å². The fourth-order valence-electron chi connectivity index (χ4n) is 3.27. The van der Waals surface area contributed by atoms with Crippen molar-refractivity contribution >= 4 is 5.91 Å². The number of carbonyl (C=O) groups is 1. The van der Waals surface area contributed by atoms with Crippen LogP contribution >= 0.6 is 0 Å². The molecule has 0 aliphatic carbocycles. The van der Waals surface area contributed by atoms with Crippen LogP contribution in [0.1, 0.15) is 42.2 Å². The van der Waals surface area contributed by atoms with E-state index in [0.29, 0.717) is 18.8 Å². The first-order chi connectivity index (χ1) is 13.2. The second-order valence-corrected chi connectivity index (χ2v) is 6.60. The van der Waals surface area contributed by atoms with Crippen molar-refractivity contribution in [2.24, 2.45) is 0 Å². The molecule has 1 heterocycles. The van der Waals surface area contributed by atoms with Crippen LogP contribution in [0.5, 0.6) is 11.5 Å². The second-order valence-electron chi connectivity index (χ2n) is 6.60. The van der Waals surface area contributed by atoms with Crippen LogP contribution in [0.4, 0.5) is 0 Å². The summed E-state index contributed by atoms with van der Waals surface area (Å²) in [5.41, 5.74) is 1.67. The van der Waals surface area contributed by atoms with E-state index in [1.165, 1.54) is 0 Å². The molecule has 1 atom stereocenters. The normalized spacial score (nSPS) is 15.7. The zero-order valence-corrected chi connectivity index (χ0v) is 16.1. The highest BCUT2D eigenvalue weighted by Gasteiger charge is 2.23. The summed E-state index contributed by atoms with van der Waals surface area (Å²) in [5, 5.41) is 3.12. The van der Waals surface area contributed by atoms with E-state index >= 15 is 0 Å². The third-order valence-electron chi connectivity index (χ3n) is 4.95. The number of carbonyl (C=O) groups excluding carboxylic acids is 1. The molecule has 1 amide bonds. The molecule has 1 aliphatic rings. The molecular formula is C22H28N2O3. The number of nitrogens with one attached hydrogen (secondary N) is 1. The predicted molar refractivity (Wildman–Crippen MR) is 106 cm³/mol. The van der Waals surface area contributed by atoms with Crippen molar-refractivity contribution < 1.29 is 14.3 Å². The molecule has 1 aliphatic heterocycles. The molecule has 2 aromatic carbocycles. The summed E-state index contributed by atoms with van der Waals surface area (Å²) in [5.74, 6) is 1.56. The first kappa shape index (κ1) is 19.2. The van der Waals surface area contributed by atoms with Crippen molar-refractivity contribution in [2.45, 2.75) is 26.3 Å². The van der Waals surface area contributed by atoms with Crippen LogP contribution in [-0.2, 0) is 0 Å². The Morgan fingerprint density at radius 2 is 1.89 bits per heavy atom.